The van der Waals surface area contributed by atoms with Crippen LogP contribution in [0.3, 0.4) is 0 Å². The van der Waals surface area contributed by atoms with E-state index in [1.54, 1.807) is 0 Å². The highest BCUT2D eigenvalue weighted by Gasteiger charge is 2.05. The van der Waals surface area contributed by atoms with Crippen LogP contribution in [-0.4, -0.2) is 6.04 Å². The van der Waals surface area contributed by atoms with Crippen LogP contribution in [-0.2, 0) is 6.54 Å². The van der Waals surface area contributed by atoms with Crippen molar-refractivity contribution in [3.8, 4) is 12.3 Å². The number of nitrogens with one attached hydrogen (secondary N) is 1. The molecule has 1 rings (SSSR count). The van der Waals surface area contributed by atoms with E-state index >= 15 is 0 Å². The van der Waals surface area contributed by atoms with Gasteiger partial charge in [-0.1, -0.05) is 40.5 Å². The first kappa shape index (κ1) is 13.6. The van der Waals surface area contributed by atoms with Crippen molar-refractivity contribution in [1.82, 2.24) is 5.32 Å². The highest BCUT2D eigenvalue weighted by molar-refractivity contribution is 9.10. The molecule has 0 bridgehead atoms. The second-order valence-electron chi connectivity index (χ2n) is 3.63. The van der Waals surface area contributed by atoms with Crippen molar-refractivity contribution >= 4 is 27.5 Å². The number of terminal acetylenes is 1. The number of hydrogen-bond donors (Lipinski definition) is 1. The second kappa shape index (κ2) is 6.96. The van der Waals surface area contributed by atoms with Crippen molar-refractivity contribution in [3.05, 3.63) is 33.3 Å². The van der Waals surface area contributed by atoms with E-state index < -0.39 is 0 Å². The number of hydrogen-bond acceptors (Lipinski definition) is 1. The zero-order valence-electron chi connectivity index (χ0n) is 9.26. The van der Waals surface area contributed by atoms with Crippen LogP contribution in [0.2, 0.25) is 5.02 Å². The van der Waals surface area contributed by atoms with Crippen LogP contribution in [0.4, 0.5) is 0 Å². The first-order valence-corrected chi connectivity index (χ1v) is 6.45. The molecule has 16 heavy (non-hydrogen) atoms. The van der Waals surface area contributed by atoms with Crippen molar-refractivity contribution in [2.24, 2.45) is 0 Å². The maximum Gasteiger partial charge on any atom is 0.0462 e. The molecule has 0 fully saturated rings. The standard InChI is InChI=1S/C13H15BrClN/c1-3-5-12(4-2)16-9-10-6-7-11(14)8-13(10)15/h1,6-8,12,16H,4-5,9H2,2H3. The van der Waals surface area contributed by atoms with E-state index in [1.807, 2.05) is 18.2 Å². The third kappa shape index (κ3) is 4.17. The molecular formula is C13H15BrClN. The lowest BCUT2D eigenvalue weighted by Crippen LogP contribution is -2.27. The molecule has 86 valence electrons. The first-order valence-electron chi connectivity index (χ1n) is 5.28. The Hall–Kier alpha value is -0.490. The van der Waals surface area contributed by atoms with Gasteiger partial charge in [0.15, 0.2) is 0 Å². The van der Waals surface area contributed by atoms with Gasteiger partial charge in [-0.3, -0.25) is 0 Å². The number of halogens is 2. The van der Waals surface area contributed by atoms with Crippen LogP contribution < -0.4 is 5.32 Å². The summed E-state index contributed by atoms with van der Waals surface area (Å²) in [5.74, 6) is 2.68. The summed E-state index contributed by atoms with van der Waals surface area (Å²) in [6, 6.07) is 6.28. The Labute approximate surface area is 111 Å². The predicted octanol–water partition coefficient (Wildman–Crippen LogP) is 3.99. The van der Waals surface area contributed by atoms with Crippen molar-refractivity contribution in [2.75, 3.05) is 0 Å². The van der Waals surface area contributed by atoms with Crippen LogP contribution in [0.15, 0.2) is 22.7 Å². The Balaban J connectivity index is 2.57. The Morgan fingerprint density at radius 2 is 2.31 bits per heavy atom. The van der Waals surface area contributed by atoms with Crippen LogP contribution in [0.5, 0.6) is 0 Å². The summed E-state index contributed by atoms with van der Waals surface area (Å²) in [5.41, 5.74) is 1.10. The molecule has 1 aromatic carbocycles. The molecule has 0 saturated carbocycles. The van der Waals surface area contributed by atoms with Crippen LogP contribution in [0.1, 0.15) is 25.3 Å². The van der Waals surface area contributed by atoms with Gasteiger partial charge >= 0.3 is 0 Å². The van der Waals surface area contributed by atoms with Crippen molar-refractivity contribution in [2.45, 2.75) is 32.4 Å². The number of benzene rings is 1. The summed E-state index contributed by atoms with van der Waals surface area (Å²) in [6.07, 6.45) is 7.08. The van der Waals surface area contributed by atoms with Crippen molar-refractivity contribution in [1.29, 1.82) is 0 Å². The third-order valence-electron chi connectivity index (χ3n) is 2.45. The van der Waals surface area contributed by atoms with Gasteiger partial charge in [-0.05, 0) is 24.1 Å². The summed E-state index contributed by atoms with van der Waals surface area (Å²) in [4.78, 5) is 0. The lowest BCUT2D eigenvalue weighted by Gasteiger charge is -2.14. The summed E-state index contributed by atoms with van der Waals surface area (Å²) < 4.78 is 0.997. The minimum atomic E-state index is 0.365. The largest absolute Gasteiger partial charge is 0.309 e. The number of rotatable bonds is 5. The van der Waals surface area contributed by atoms with Crippen LogP contribution in [0.25, 0.3) is 0 Å². The fourth-order valence-electron chi connectivity index (χ4n) is 1.42. The zero-order valence-corrected chi connectivity index (χ0v) is 11.6. The van der Waals surface area contributed by atoms with E-state index in [2.05, 4.69) is 34.1 Å². The normalized spacial score (nSPS) is 12.1. The quantitative estimate of drug-likeness (QED) is 0.811. The topological polar surface area (TPSA) is 12.0 Å². The van der Waals surface area contributed by atoms with Gasteiger partial charge in [0, 0.05) is 28.5 Å². The van der Waals surface area contributed by atoms with Gasteiger partial charge < -0.3 is 5.32 Å². The van der Waals surface area contributed by atoms with Gasteiger partial charge in [0.25, 0.3) is 0 Å². The maximum atomic E-state index is 6.12. The molecule has 0 spiro atoms. The molecule has 0 aliphatic rings. The summed E-state index contributed by atoms with van der Waals surface area (Å²) in [7, 11) is 0. The average molecular weight is 301 g/mol. The van der Waals surface area contributed by atoms with Gasteiger partial charge in [0.1, 0.15) is 0 Å². The van der Waals surface area contributed by atoms with E-state index in [-0.39, 0.29) is 0 Å². The van der Waals surface area contributed by atoms with Crippen molar-refractivity contribution < 1.29 is 0 Å². The molecule has 0 aromatic heterocycles. The third-order valence-corrected chi connectivity index (χ3v) is 3.30. The molecule has 1 aromatic rings. The predicted molar refractivity (Wildman–Crippen MR) is 73.5 cm³/mol. The summed E-state index contributed by atoms with van der Waals surface area (Å²) >= 11 is 9.51. The molecule has 1 nitrogen and oxygen atoms in total. The van der Waals surface area contributed by atoms with Crippen molar-refractivity contribution in [3.63, 3.8) is 0 Å². The van der Waals surface area contributed by atoms with E-state index in [1.165, 1.54) is 0 Å². The average Bonchev–Trinajstić information content (AvgIpc) is 2.26. The summed E-state index contributed by atoms with van der Waals surface area (Å²) in [5, 5.41) is 4.18. The Morgan fingerprint density at radius 1 is 1.56 bits per heavy atom. The molecule has 0 aliphatic carbocycles. The highest BCUT2D eigenvalue weighted by atomic mass is 79.9. The van der Waals surface area contributed by atoms with E-state index in [9.17, 15) is 0 Å². The molecule has 0 saturated heterocycles. The molecule has 1 atom stereocenters. The van der Waals surface area contributed by atoms with Crippen LogP contribution >= 0.6 is 27.5 Å². The van der Waals surface area contributed by atoms with Gasteiger partial charge in [-0.25, -0.2) is 0 Å². The van der Waals surface area contributed by atoms with E-state index in [0.717, 1.165) is 34.4 Å². The van der Waals surface area contributed by atoms with E-state index in [4.69, 9.17) is 18.0 Å². The molecule has 0 aliphatic heterocycles. The fourth-order valence-corrected chi connectivity index (χ4v) is 2.16. The van der Waals surface area contributed by atoms with Gasteiger partial charge in [-0.15, -0.1) is 12.3 Å². The Bertz CT molecular complexity index is 384. The molecule has 1 unspecified atom stereocenters. The molecule has 0 amide bonds. The summed E-state index contributed by atoms with van der Waals surface area (Å²) in [6.45, 7) is 2.88. The second-order valence-corrected chi connectivity index (χ2v) is 4.95. The zero-order chi connectivity index (χ0) is 12.0. The molecule has 3 heteroatoms. The van der Waals surface area contributed by atoms with E-state index in [0.29, 0.717) is 6.04 Å². The molecule has 0 heterocycles. The lowest BCUT2D eigenvalue weighted by atomic mass is 10.1. The highest BCUT2D eigenvalue weighted by Crippen LogP contribution is 2.21. The Kier molecular flexibility index (Phi) is 5.90. The minimum Gasteiger partial charge on any atom is -0.309 e. The maximum absolute atomic E-state index is 6.12. The fraction of sp³-hybridized carbons (Fsp3) is 0.385. The SMILES string of the molecule is C#CCC(CC)NCc1ccc(Br)cc1Cl. The van der Waals surface area contributed by atoms with Gasteiger partial charge in [0.05, 0.1) is 0 Å². The molecule has 0 radical (unpaired) electrons. The molecular weight excluding hydrogens is 286 g/mol. The minimum absolute atomic E-state index is 0.365. The smallest absolute Gasteiger partial charge is 0.0462 e. The van der Waals surface area contributed by atoms with Gasteiger partial charge in [0.2, 0.25) is 0 Å². The lowest BCUT2D eigenvalue weighted by molar-refractivity contribution is 0.507. The monoisotopic (exact) mass is 299 g/mol. The van der Waals surface area contributed by atoms with Crippen LogP contribution in [0, 0.1) is 12.3 Å². The first-order chi connectivity index (χ1) is 7.67. The van der Waals surface area contributed by atoms with Gasteiger partial charge in [-0.2, -0.15) is 0 Å². The molecule has 1 N–H and O–H groups in total. The Morgan fingerprint density at radius 3 is 2.88 bits per heavy atom.